The molecule has 0 atom stereocenters. The van der Waals surface area contributed by atoms with Gasteiger partial charge >= 0.3 is 5.97 Å². The Kier molecular flexibility index (Phi) is 6.93. The van der Waals surface area contributed by atoms with Gasteiger partial charge in [0.15, 0.2) is 0 Å². The fourth-order valence-electron chi connectivity index (χ4n) is 0.807. The van der Waals surface area contributed by atoms with Crippen LogP contribution >= 0.6 is 11.6 Å². The first kappa shape index (κ1) is 13.7. The number of carbonyl (C=O) groups excluding carboxylic acids is 1. The Morgan fingerprint density at radius 3 is 2.43 bits per heavy atom. The highest BCUT2D eigenvalue weighted by molar-refractivity contribution is 6.17. The first-order chi connectivity index (χ1) is 6.45. The number of rotatable bonds is 6. The van der Waals surface area contributed by atoms with E-state index in [0.29, 0.717) is 25.5 Å². The largest absolute Gasteiger partial charge is 0.460 e. The first-order valence-corrected chi connectivity index (χ1v) is 5.35. The topological polar surface area (TPSA) is 35.5 Å². The van der Waals surface area contributed by atoms with E-state index < -0.39 is 5.60 Å². The third-order valence-electron chi connectivity index (χ3n) is 1.29. The molecular weight excluding hydrogens is 204 g/mol. The molecule has 0 N–H and O–H groups in total. The molecule has 0 radical (unpaired) electrons. The van der Waals surface area contributed by atoms with E-state index in [2.05, 4.69) is 0 Å². The molecule has 0 aromatic carbocycles. The number of esters is 1. The van der Waals surface area contributed by atoms with E-state index in [0.717, 1.165) is 6.42 Å². The van der Waals surface area contributed by atoms with Gasteiger partial charge in [-0.05, 0) is 27.2 Å². The summed E-state index contributed by atoms with van der Waals surface area (Å²) < 4.78 is 10.3. The van der Waals surface area contributed by atoms with E-state index in [-0.39, 0.29) is 5.97 Å². The van der Waals surface area contributed by atoms with Crippen molar-refractivity contribution in [3.05, 3.63) is 0 Å². The maximum atomic E-state index is 11.2. The second-order valence-electron chi connectivity index (χ2n) is 3.99. The molecule has 14 heavy (non-hydrogen) atoms. The quantitative estimate of drug-likeness (QED) is 0.393. The van der Waals surface area contributed by atoms with Crippen molar-refractivity contribution in [2.45, 2.75) is 39.2 Å². The normalized spacial score (nSPS) is 11.4. The number of halogens is 1. The zero-order valence-corrected chi connectivity index (χ0v) is 9.89. The standard InChI is InChI=1S/C10H19ClO3/c1-10(2,3)14-9(12)5-8-13-7-4-6-11/h4-8H2,1-3H3. The Hall–Kier alpha value is -0.280. The van der Waals surface area contributed by atoms with Gasteiger partial charge < -0.3 is 9.47 Å². The summed E-state index contributed by atoms with van der Waals surface area (Å²) in [7, 11) is 0. The highest BCUT2D eigenvalue weighted by atomic mass is 35.5. The van der Waals surface area contributed by atoms with E-state index in [9.17, 15) is 4.79 Å². The Balaban J connectivity index is 3.36. The predicted molar refractivity (Wildman–Crippen MR) is 56.6 cm³/mol. The van der Waals surface area contributed by atoms with Gasteiger partial charge in [-0.25, -0.2) is 0 Å². The summed E-state index contributed by atoms with van der Waals surface area (Å²) in [5.41, 5.74) is -0.410. The van der Waals surface area contributed by atoms with E-state index in [4.69, 9.17) is 21.1 Å². The lowest BCUT2D eigenvalue weighted by Gasteiger charge is -2.19. The molecule has 0 unspecified atom stereocenters. The Morgan fingerprint density at radius 1 is 1.29 bits per heavy atom. The molecule has 3 nitrogen and oxygen atoms in total. The molecule has 0 aliphatic rings. The van der Waals surface area contributed by atoms with E-state index in [1.807, 2.05) is 20.8 Å². The van der Waals surface area contributed by atoms with Crippen LogP contribution in [-0.4, -0.2) is 30.7 Å². The van der Waals surface area contributed by atoms with E-state index in [1.54, 1.807) is 0 Å². The van der Waals surface area contributed by atoms with Gasteiger partial charge in [-0.3, -0.25) is 4.79 Å². The van der Waals surface area contributed by atoms with Gasteiger partial charge in [-0.15, -0.1) is 11.6 Å². The molecule has 0 saturated carbocycles. The zero-order valence-electron chi connectivity index (χ0n) is 9.14. The van der Waals surface area contributed by atoms with E-state index >= 15 is 0 Å². The lowest BCUT2D eigenvalue weighted by molar-refractivity contribution is -0.156. The number of hydrogen-bond donors (Lipinski definition) is 0. The van der Waals surface area contributed by atoms with Crippen molar-refractivity contribution in [3.8, 4) is 0 Å². The molecule has 0 aliphatic heterocycles. The minimum Gasteiger partial charge on any atom is -0.460 e. The molecule has 4 heteroatoms. The lowest BCUT2D eigenvalue weighted by atomic mass is 10.2. The van der Waals surface area contributed by atoms with Crippen LogP contribution in [0.3, 0.4) is 0 Å². The van der Waals surface area contributed by atoms with Crippen molar-refractivity contribution in [2.24, 2.45) is 0 Å². The third-order valence-corrected chi connectivity index (χ3v) is 1.56. The molecule has 0 bridgehead atoms. The summed E-state index contributed by atoms with van der Waals surface area (Å²) in [5.74, 6) is 0.371. The van der Waals surface area contributed by atoms with Gasteiger partial charge in [0.2, 0.25) is 0 Å². The van der Waals surface area contributed by atoms with Crippen LogP contribution in [0.1, 0.15) is 33.6 Å². The van der Waals surface area contributed by atoms with Crippen LogP contribution < -0.4 is 0 Å². The van der Waals surface area contributed by atoms with Gasteiger partial charge in [0.25, 0.3) is 0 Å². The molecule has 0 rings (SSSR count). The molecule has 0 heterocycles. The number of ether oxygens (including phenoxy) is 2. The van der Waals surface area contributed by atoms with Crippen LogP contribution in [0, 0.1) is 0 Å². The van der Waals surface area contributed by atoms with E-state index in [1.165, 1.54) is 0 Å². The third kappa shape index (κ3) is 9.81. The Morgan fingerprint density at radius 2 is 1.93 bits per heavy atom. The Bertz CT molecular complexity index is 163. The molecule has 0 saturated heterocycles. The van der Waals surface area contributed by atoms with Crippen molar-refractivity contribution in [1.82, 2.24) is 0 Å². The molecule has 0 aliphatic carbocycles. The summed E-state index contributed by atoms with van der Waals surface area (Å²) in [5, 5.41) is 0. The highest BCUT2D eigenvalue weighted by Crippen LogP contribution is 2.08. The predicted octanol–water partition coefficient (Wildman–Crippen LogP) is 2.36. The highest BCUT2D eigenvalue weighted by Gasteiger charge is 2.15. The molecule has 0 spiro atoms. The van der Waals surface area contributed by atoms with Crippen LogP contribution in [-0.2, 0) is 14.3 Å². The second kappa shape index (κ2) is 7.07. The van der Waals surface area contributed by atoms with Crippen molar-refractivity contribution >= 4 is 17.6 Å². The minimum absolute atomic E-state index is 0.219. The summed E-state index contributed by atoms with van der Waals surface area (Å²) in [6.07, 6.45) is 1.12. The van der Waals surface area contributed by atoms with Crippen molar-refractivity contribution < 1.29 is 14.3 Å². The van der Waals surface area contributed by atoms with Gasteiger partial charge in [-0.1, -0.05) is 0 Å². The Labute approximate surface area is 90.7 Å². The van der Waals surface area contributed by atoms with Gasteiger partial charge in [0.1, 0.15) is 5.60 Å². The summed E-state index contributed by atoms with van der Waals surface area (Å²) in [6, 6.07) is 0. The number of alkyl halides is 1. The van der Waals surface area contributed by atoms with Gasteiger partial charge in [0.05, 0.1) is 13.0 Å². The smallest absolute Gasteiger partial charge is 0.308 e. The average molecular weight is 223 g/mol. The van der Waals surface area contributed by atoms with Gasteiger partial charge in [-0.2, -0.15) is 0 Å². The van der Waals surface area contributed by atoms with Crippen LogP contribution in [0.2, 0.25) is 0 Å². The van der Waals surface area contributed by atoms with Crippen molar-refractivity contribution in [3.63, 3.8) is 0 Å². The van der Waals surface area contributed by atoms with Crippen LogP contribution in [0.5, 0.6) is 0 Å². The summed E-state index contributed by atoms with van der Waals surface area (Å²) >= 11 is 5.46. The fraction of sp³-hybridized carbons (Fsp3) is 0.900. The van der Waals surface area contributed by atoms with Crippen molar-refractivity contribution in [1.29, 1.82) is 0 Å². The summed E-state index contributed by atoms with van der Waals surface area (Å²) in [4.78, 5) is 11.2. The monoisotopic (exact) mass is 222 g/mol. The lowest BCUT2D eigenvalue weighted by Crippen LogP contribution is -2.24. The van der Waals surface area contributed by atoms with Crippen molar-refractivity contribution in [2.75, 3.05) is 19.1 Å². The fourth-order valence-corrected chi connectivity index (χ4v) is 0.916. The zero-order chi connectivity index (χ0) is 11.0. The molecule has 0 aromatic rings. The maximum absolute atomic E-state index is 11.2. The molecule has 0 aromatic heterocycles. The number of hydrogen-bond acceptors (Lipinski definition) is 3. The second-order valence-corrected chi connectivity index (χ2v) is 4.37. The van der Waals surface area contributed by atoms with Crippen LogP contribution in [0.15, 0.2) is 0 Å². The minimum atomic E-state index is -0.410. The van der Waals surface area contributed by atoms with Crippen LogP contribution in [0.4, 0.5) is 0 Å². The summed E-state index contributed by atoms with van der Waals surface area (Å²) in [6.45, 7) is 6.55. The molecule has 0 amide bonds. The average Bonchev–Trinajstić information content (AvgIpc) is 2.00. The maximum Gasteiger partial charge on any atom is 0.308 e. The van der Waals surface area contributed by atoms with Crippen LogP contribution in [0.25, 0.3) is 0 Å². The van der Waals surface area contributed by atoms with Gasteiger partial charge in [0, 0.05) is 12.5 Å². The molecule has 0 fully saturated rings. The first-order valence-electron chi connectivity index (χ1n) is 4.81. The number of carbonyl (C=O) groups is 1. The molecular formula is C10H19ClO3. The SMILES string of the molecule is CC(C)(C)OC(=O)CCOCCCCl. The molecule has 84 valence electrons.